The molecule has 1 aliphatic rings. The lowest BCUT2D eigenvalue weighted by Gasteiger charge is -2.14. The molecule has 2 aromatic heterocycles. The van der Waals surface area contributed by atoms with E-state index >= 15 is 0 Å². The highest BCUT2D eigenvalue weighted by Gasteiger charge is 2.20. The number of pyridine rings is 2. The fourth-order valence-corrected chi connectivity index (χ4v) is 4.36. The molecule has 2 nitrogen and oxygen atoms in total. The molecule has 1 aromatic carbocycles. The van der Waals surface area contributed by atoms with Crippen LogP contribution in [0.25, 0.3) is 16.7 Å². The van der Waals surface area contributed by atoms with Crippen molar-refractivity contribution >= 4 is 35.0 Å². The zero-order valence-electron chi connectivity index (χ0n) is 10.7. The van der Waals surface area contributed by atoms with E-state index in [0.717, 1.165) is 28.1 Å². The molecule has 0 bridgehead atoms. The van der Waals surface area contributed by atoms with Gasteiger partial charge in [0, 0.05) is 33.5 Å². The first kappa shape index (κ1) is 12.1. The van der Waals surface area contributed by atoms with E-state index in [0.29, 0.717) is 0 Å². The summed E-state index contributed by atoms with van der Waals surface area (Å²) >= 11 is 7.63. The first-order chi connectivity index (χ1) is 9.86. The SMILES string of the molecule is S=c1c2c(c3cccnc3n1-c1ccccc1)SCC2. The summed E-state index contributed by atoms with van der Waals surface area (Å²) in [5.41, 5.74) is 3.34. The van der Waals surface area contributed by atoms with Crippen LogP contribution >= 0.6 is 24.0 Å². The lowest BCUT2D eigenvalue weighted by molar-refractivity contribution is 0.987. The van der Waals surface area contributed by atoms with Crippen molar-refractivity contribution in [3.63, 3.8) is 0 Å². The minimum Gasteiger partial charge on any atom is -0.285 e. The molecular weight excluding hydrogens is 284 g/mol. The van der Waals surface area contributed by atoms with Crippen molar-refractivity contribution in [1.29, 1.82) is 0 Å². The average Bonchev–Trinajstić information content (AvgIpc) is 2.99. The first-order valence-electron chi connectivity index (χ1n) is 6.57. The molecule has 0 amide bonds. The van der Waals surface area contributed by atoms with Crippen LogP contribution in [0.15, 0.2) is 53.6 Å². The standard InChI is InChI=1S/C16H12N2S2/c19-16-13-8-10-20-14(13)12-7-4-9-17-15(12)18(16)11-5-2-1-3-6-11/h1-7,9H,8,10H2. The van der Waals surface area contributed by atoms with E-state index in [1.807, 2.05) is 42.2 Å². The highest BCUT2D eigenvalue weighted by Crippen LogP contribution is 2.38. The summed E-state index contributed by atoms with van der Waals surface area (Å²) in [4.78, 5) is 5.90. The third-order valence-electron chi connectivity index (χ3n) is 3.59. The molecule has 0 N–H and O–H groups in total. The van der Waals surface area contributed by atoms with E-state index < -0.39 is 0 Å². The van der Waals surface area contributed by atoms with E-state index in [4.69, 9.17) is 12.2 Å². The number of nitrogens with zero attached hydrogens (tertiary/aromatic N) is 2. The maximum atomic E-state index is 5.74. The van der Waals surface area contributed by atoms with Gasteiger partial charge in [-0.3, -0.25) is 4.57 Å². The molecule has 0 unspecified atom stereocenters. The van der Waals surface area contributed by atoms with Gasteiger partial charge in [-0.15, -0.1) is 11.8 Å². The minimum atomic E-state index is 0.905. The van der Waals surface area contributed by atoms with Crippen LogP contribution in [-0.4, -0.2) is 15.3 Å². The Bertz CT molecular complexity index is 853. The number of hydrogen-bond acceptors (Lipinski definition) is 3. The number of para-hydroxylation sites is 1. The summed E-state index contributed by atoms with van der Waals surface area (Å²) < 4.78 is 3.01. The van der Waals surface area contributed by atoms with E-state index in [1.165, 1.54) is 15.8 Å². The molecule has 0 saturated heterocycles. The van der Waals surface area contributed by atoms with Crippen LogP contribution in [0.4, 0.5) is 0 Å². The molecule has 0 saturated carbocycles. The van der Waals surface area contributed by atoms with Gasteiger partial charge in [0.05, 0.1) is 0 Å². The maximum Gasteiger partial charge on any atom is 0.146 e. The summed E-state index contributed by atoms with van der Waals surface area (Å²) in [5.74, 6) is 1.11. The van der Waals surface area contributed by atoms with Crippen molar-refractivity contribution < 1.29 is 0 Å². The van der Waals surface area contributed by atoms with Gasteiger partial charge in [-0.25, -0.2) is 4.98 Å². The predicted molar refractivity (Wildman–Crippen MR) is 86.3 cm³/mol. The minimum absolute atomic E-state index is 0.905. The molecule has 0 atom stereocenters. The fourth-order valence-electron chi connectivity index (χ4n) is 2.70. The van der Waals surface area contributed by atoms with Crippen LogP contribution in [0.5, 0.6) is 0 Å². The number of rotatable bonds is 1. The predicted octanol–water partition coefficient (Wildman–Crippen LogP) is 4.40. The highest BCUT2D eigenvalue weighted by atomic mass is 32.2. The molecule has 4 rings (SSSR count). The van der Waals surface area contributed by atoms with Crippen LogP contribution in [0.2, 0.25) is 0 Å². The molecule has 0 radical (unpaired) electrons. The Morgan fingerprint density at radius 1 is 1.10 bits per heavy atom. The second-order valence-corrected chi connectivity index (χ2v) is 6.25. The van der Waals surface area contributed by atoms with Crippen molar-refractivity contribution in [1.82, 2.24) is 9.55 Å². The third kappa shape index (κ3) is 1.72. The molecule has 98 valence electrons. The van der Waals surface area contributed by atoms with Crippen LogP contribution in [-0.2, 0) is 6.42 Å². The lowest BCUT2D eigenvalue weighted by Crippen LogP contribution is -2.04. The molecule has 0 spiro atoms. The summed E-state index contributed by atoms with van der Waals surface area (Å²) in [6.45, 7) is 0. The van der Waals surface area contributed by atoms with Crippen molar-refractivity contribution in [2.24, 2.45) is 0 Å². The van der Waals surface area contributed by atoms with E-state index in [2.05, 4.69) is 27.8 Å². The first-order valence-corrected chi connectivity index (χ1v) is 7.96. The molecular formula is C16H12N2S2. The smallest absolute Gasteiger partial charge is 0.146 e. The topological polar surface area (TPSA) is 17.8 Å². The normalized spacial score (nSPS) is 13.6. The second-order valence-electron chi connectivity index (χ2n) is 4.76. The molecule has 4 heteroatoms. The van der Waals surface area contributed by atoms with Crippen LogP contribution < -0.4 is 0 Å². The van der Waals surface area contributed by atoms with Crippen LogP contribution in [0.3, 0.4) is 0 Å². The second kappa shape index (κ2) is 4.72. The van der Waals surface area contributed by atoms with Crippen molar-refractivity contribution in [2.45, 2.75) is 11.3 Å². The molecule has 0 fully saturated rings. The van der Waals surface area contributed by atoms with E-state index in [-0.39, 0.29) is 0 Å². The number of thioether (sulfide) groups is 1. The van der Waals surface area contributed by atoms with Gasteiger partial charge in [0.2, 0.25) is 0 Å². The van der Waals surface area contributed by atoms with E-state index in [1.54, 1.807) is 0 Å². The molecule has 3 aromatic rings. The molecule has 0 aliphatic carbocycles. The molecule has 3 heterocycles. The number of aromatic nitrogens is 2. The Kier molecular flexibility index (Phi) is 2.86. The molecule has 1 aliphatic heterocycles. The highest BCUT2D eigenvalue weighted by molar-refractivity contribution is 7.99. The van der Waals surface area contributed by atoms with Gasteiger partial charge in [-0.2, -0.15) is 0 Å². The Hall–Kier alpha value is -1.65. The van der Waals surface area contributed by atoms with Gasteiger partial charge in [-0.1, -0.05) is 30.4 Å². The zero-order valence-corrected chi connectivity index (χ0v) is 12.4. The van der Waals surface area contributed by atoms with Crippen LogP contribution in [0.1, 0.15) is 5.56 Å². The maximum absolute atomic E-state index is 5.74. The third-order valence-corrected chi connectivity index (χ3v) is 5.18. The Morgan fingerprint density at radius 2 is 1.95 bits per heavy atom. The van der Waals surface area contributed by atoms with Crippen molar-refractivity contribution in [3.05, 3.63) is 58.9 Å². The Morgan fingerprint density at radius 3 is 2.80 bits per heavy atom. The van der Waals surface area contributed by atoms with Gasteiger partial charge in [-0.05, 0) is 30.7 Å². The number of benzene rings is 1. The van der Waals surface area contributed by atoms with Gasteiger partial charge in [0.1, 0.15) is 10.3 Å². The quantitative estimate of drug-likeness (QED) is 0.620. The van der Waals surface area contributed by atoms with Crippen molar-refractivity contribution in [3.8, 4) is 5.69 Å². The summed E-state index contributed by atoms with van der Waals surface area (Å²) in [7, 11) is 0. The molecule has 20 heavy (non-hydrogen) atoms. The summed E-state index contributed by atoms with van der Waals surface area (Å²) in [6.07, 6.45) is 2.89. The van der Waals surface area contributed by atoms with Gasteiger partial charge < -0.3 is 0 Å². The largest absolute Gasteiger partial charge is 0.285 e. The number of hydrogen-bond donors (Lipinski definition) is 0. The summed E-state index contributed by atoms with van der Waals surface area (Å²) in [5, 5.41) is 1.21. The Balaban J connectivity index is 2.19. The number of fused-ring (bicyclic) bond motifs is 3. The van der Waals surface area contributed by atoms with Crippen LogP contribution in [0, 0.1) is 4.64 Å². The van der Waals surface area contributed by atoms with Crippen molar-refractivity contribution in [2.75, 3.05) is 5.75 Å². The zero-order chi connectivity index (χ0) is 13.5. The average molecular weight is 296 g/mol. The monoisotopic (exact) mass is 296 g/mol. The fraction of sp³-hybridized carbons (Fsp3) is 0.125. The summed E-state index contributed by atoms with van der Waals surface area (Å²) in [6, 6.07) is 14.4. The Labute approximate surface area is 126 Å². The van der Waals surface area contributed by atoms with Gasteiger partial charge in [0.15, 0.2) is 0 Å². The van der Waals surface area contributed by atoms with Gasteiger partial charge in [0.25, 0.3) is 0 Å². The van der Waals surface area contributed by atoms with E-state index in [9.17, 15) is 0 Å². The van der Waals surface area contributed by atoms with Gasteiger partial charge >= 0.3 is 0 Å². The lowest BCUT2D eigenvalue weighted by atomic mass is 10.1.